The van der Waals surface area contributed by atoms with Gasteiger partial charge in [-0.3, -0.25) is 4.57 Å². The van der Waals surface area contributed by atoms with Crippen LogP contribution in [0.2, 0.25) is 0 Å². The van der Waals surface area contributed by atoms with E-state index in [9.17, 15) is 0 Å². The van der Waals surface area contributed by atoms with Gasteiger partial charge in [0.05, 0.1) is 5.69 Å². The molecule has 0 bridgehead atoms. The van der Waals surface area contributed by atoms with E-state index in [0.29, 0.717) is 0 Å². The number of rotatable bonds is 1. The van der Waals surface area contributed by atoms with Crippen LogP contribution in [0, 0.1) is 0 Å². The highest BCUT2D eigenvalue weighted by Crippen LogP contribution is 2.34. The molecule has 2 aromatic rings. The number of hydrogen-bond donors (Lipinski definition) is 1. The summed E-state index contributed by atoms with van der Waals surface area (Å²) in [4.78, 5) is 6.37. The first-order valence-corrected chi connectivity index (χ1v) is 8.09. The molecule has 0 amide bonds. The third-order valence-electron chi connectivity index (χ3n) is 4.40. The highest BCUT2D eigenvalue weighted by atomic mass is 32.1. The van der Waals surface area contributed by atoms with E-state index in [2.05, 4.69) is 16.8 Å². The van der Waals surface area contributed by atoms with Gasteiger partial charge in [-0.15, -0.1) is 11.3 Å². The lowest BCUT2D eigenvalue weighted by atomic mass is 9.94. The molecule has 1 atom stereocenters. The summed E-state index contributed by atoms with van der Waals surface area (Å²) in [5.74, 6) is 0. The fourth-order valence-corrected chi connectivity index (χ4v) is 4.51. The Hall–Kier alpha value is -1.13. The molecule has 2 heterocycles. The molecule has 0 aromatic carbocycles. The average Bonchev–Trinajstić information content (AvgIpc) is 3.02. The molecular formula is C15H19N3S. The maximum Gasteiger partial charge on any atom is 0.194 e. The molecule has 4 heteroatoms. The lowest BCUT2D eigenvalue weighted by Gasteiger charge is -2.20. The van der Waals surface area contributed by atoms with Crippen molar-refractivity contribution in [3.63, 3.8) is 0 Å². The zero-order valence-corrected chi connectivity index (χ0v) is 11.9. The van der Waals surface area contributed by atoms with Gasteiger partial charge in [0.1, 0.15) is 0 Å². The lowest BCUT2D eigenvalue weighted by molar-refractivity contribution is 0.560. The molecule has 3 nitrogen and oxygen atoms in total. The van der Waals surface area contributed by atoms with Crippen LogP contribution in [-0.2, 0) is 19.3 Å². The van der Waals surface area contributed by atoms with Gasteiger partial charge in [-0.2, -0.15) is 0 Å². The molecule has 0 aliphatic heterocycles. The van der Waals surface area contributed by atoms with Crippen molar-refractivity contribution in [1.82, 2.24) is 9.55 Å². The smallest absolute Gasteiger partial charge is 0.194 e. The van der Waals surface area contributed by atoms with E-state index in [-0.39, 0.29) is 6.04 Å². The molecule has 100 valence electrons. The summed E-state index contributed by atoms with van der Waals surface area (Å²) in [6.45, 7) is 0. The van der Waals surface area contributed by atoms with Crippen LogP contribution in [0.3, 0.4) is 0 Å². The van der Waals surface area contributed by atoms with Crippen LogP contribution in [0.15, 0.2) is 12.3 Å². The summed E-state index contributed by atoms with van der Waals surface area (Å²) in [7, 11) is 0. The van der Waals surface area contributed by atoms with E-state index >= 15 is 0 Å². The monoisotopic (exact) mass is 273 g/mol. The summed E-state index contributed by atoms with van der Waals surface area (Å²) in [6.07, 6.45) is 10.6. The highest BCUT2D eigenvalue weighted by Gasteiger charge is 2.23. The summed E-state index contributed by atoms with van der Waals surface area (Å²) < 4.78 is 2.29. The standard InChI is InChI=1S/C15H19N3S/c16-11-4-3-6-13-10(11)8-9-18(13)15-17-12-5-1-2-7-14(12)19-15/h8-9,11H,1-7,16H2. The first-order chi connectivity index (χ1) is 9.33. The molecular weight excluding hydrogens is 254 g/mol. The van der Waals surface area contributed by atoms with Crippen LogP contribution >= 0.6 is 11.3 Å². The predicted octanol–water partition coefficient (Wildman–Crippen LogP) is 3.15. The minimum atomic E-state index is 0.222. The molecule has 2 aromatic heterocycles. The molecule has 0 spiro atoms. The van der Waals surface area contributed by atoms with E-state index in [0.717, 1.165) is 24.4 Å². The van der Waals surface area contributed by atoms with E-state index in [1.54, 1.807) is 0 Å². The van der Waals surface area contributed by atoms with Gasteiger partial charge in [-0.1, -0.05) is 0 Å². The topological polar surface area (TPSA) is 43.8 Å². The molecule has 0 radical (unpaired) electrons. The summed E-state index contributed by atoms with van der Waals surface area (Å²) in [5, 5.41) is 1.15. The van der Waals surface area contributed by atoms with Crippen molar-refractivity contribution in [2.24, 2.45) is 5.73 Å². The van der Waals surface area contributed by atoms with Crippen LogP contribution < -0.4 is 5.73 Å². The van der Waals surface area contributed by atoms with Crippen molar-refractivity contribution in [3.8, 4) is 5.13 Å². The van der Waals surface area contributed by atoms with Crippen LogP contribution in [0.5, 0.6) is 0 Å². The Morgan fingerprint density at radius 3 is 3.00 bits per heavy atom. The quantitative estimate of drug-likeness (QED) is 0.867. The molecule has 1 unspecified atom stereocenters. The number of thiazole rings is 1. The number of fused-ring (bicyclic) bond motifs is 2. The van der Waals surface area contributed by atoms with Gasteiger partial charge in [0, 0.05) is 22.8 Å². The van der Waals surface area contributed by atoms with Crippen molar-refractivity contribution in [2.75, 3.05) is 0 Å². The van der Waals surface area contributed by atoms with Crippen molar-refractivity contribution < 1.29 is 0 Å². The SMILES string of the molecule is NC1CCCc2c1ccn2-c1nc2c(s1)CCCC2. The zero-order chi connectivity index (χ0) is 12.8. The van der Waals surface area contributed by atoms with Gasteiger partial charge in [0.2, 0.25) is 0 Å². The van der Waals surface area contributed by atoms with Crippen molar-refractivity contribution in [3.05, 3.63) is 34.1 Å². The van der Waals surface area contributed by atoms with E-state index in [1.807, 2.05) is 11.3 Å². The Labute approximate surface area is 117 Å². The van der Waals surface area contributed by atoms with Crippen LogP contribution in [0.4, 0.5) is 0 Å². The van der Waals surface area contributed by atoms with Crippen molar-refractivity contribution >= 4 is 11.3 Å². The number of aromatic nitrogens is 2. The second-order valence-corrected chi connectivity index (χ2v) is 6.72. The second-order valence-electron chi connectivity index (χ2n) is 5.66. The van der Waals surface area contributed by atoms with Gasteiger partial charge < -0.3 is 5.73 Å². The molecule has 2 N–H and O–H groups in total. The number of nitrogens with two attached hydrogens (primary N) is 1. The Morgan fingerprint density at radius 2 is 2.11 bits per heavy atom. The molecule has 0 saturated carbocycles. The van der Waals surface area contributed by atoms with Crippen LogP contribution in [-0.4, -0.2) is 9.55 Å². The third-order valence-corrected chi connectivity index (χ3v) is 5.55. The number of nitrogens with zero attached hydrogens (tertiary/aromatic N) is 2. The first kappa shape index (κ1) is 11.7. The zero-order valence-electron chi connectivity index (χ0n) is 11.1. The van der Waals surface area contributed by atoms with Crippen molar-refractivity contribution in [1.29, 1.82) is 0 Å². The molecule has 4 rings (SSSR count). The number of aryl methyl sites for hydroxylation is 2. The van der Waals surface area contributed by atoms with Gasteiger partial charge in [0.15, 0.2) is 5.13 Å². The lowest BCUT2D eigenvalue weighted by Crippen LogP contribution is -2.17. The van der Waals surface area contributed by atoms with Gasteiger partial charge in [-0.25, -0.2) is 4.98 Å². The first-order valence-electron chi connectivity index (χ1n) is 7.27. The fraction of sp³-hybridized carbons (Fsp3) is 0.533. The highest BCUT2D eigenvalue weighted by molar-refractivity contribution is 7.14. The van der Waals surface area contributed by atoms with E-state index in [1.165, 1.54) is 47.5 Å². The Balaban J connectivity index is 1.78. The Kier molecular flexibility index (Phi) is 2.74. The summed E-state index contributed by atoms with van der Waals surface area (Å²) in [6, 6.07) is 2.42. The molecule has 2 aliphatic carbocycles. The van der Waals surface area contributed by atoms with Gasteiger partial charge in [-0.05, 0) is 56.6 Å². The van der Waals surface area contributed by atoms with E-state index < -0.39 is 0 Å². The number of hydrogen-bond acceptors (Lipinski definition) is 3. The molecule has 0 fully saturated rings. The van der Waals surface area contributed by atoms with Crippen LogP contribution in [0.1, 0.15) is 53.6 Å². The Bertz CT molecular complexity index is 587. The summed E-state index contributed by atoms with van der Waals surface area (Å²) in [5.41, 5.74) is 10.3. The normalized spacial score (nSPS) is 22.1. The maximum atomic E-state index is 6.20. The third kappa shape index (κ3) is 1.85. The molecule has 2 aliphatic rings. The van der Waals surface area contributed by atoms with Gasteiger partial charge >= 0.3 is 0 Å². The van der Waals surface area contributed by atoms with E-state index in [4.69, 9.17) is 10.7 Å². The molecule has 19 heavy (non-hydrogen) atoms. The minimum absolute atomic E-state index is 0.222. The predicted molar refractivity (Wildman–Crippen MR) is 77.9 cm³/mol. The van der Waals surface area contributed by atoms with Crippen LogP contribution in [0.25, 0.3) is 5.13 Å². The fourth-order valence-electron chi connectivity index (χ4n) is 3.35. The summed E-state index contributed by atoms with van der Waals surface area (Å²) >= 11 is 1.88. The average molecular weight is 273 g/mol. The Morgan fingerprint density at radius 1 is 1.21 bits per heavy atom. The minimum Gasteiger partial charge on any atom is -0.324 e. The second kappa shape index (κ2) is 4.46. The van der Waals surface area contributed by atoms with Crippen molar-refractivity contribution in [2.45, 2.75) is 51.0 Å². The maximum absolute atomic E-state index is 6.20. The molecule has 0 saturated heterocycles. The largest absolute Gasteiger partial charge is 0.324 e. The van der Waals surface area contributed by atoms with Gasteiger partial charge in [0.25, 0.3) is 0 Å².